The lowest BCUT2D eigenvalue weighted by Gasteiger charge is -2.33. The fraction of sp³-hybridized carbons (Fsp3) is 0.113. The highest BCUT2D eigenvalue weighted by molar-refractivity contribution is 6.19. The molecule has 4 heterocycles. The van der Waals surface area contributed by atoms with E-state index in [4.69, 9.17) is 16.5 Å². The highest BCUT2D eigenvalue weighted by Crippen LogP contribution is 2.39. The van der Waals surface area contributed by atoms with Gasteiger partial charge in [0.25, 0.3) is 0 Å². The molecule has 1 aliphatic heterocycles. The third-order valence-corrected chi connectivity index (χ3v) is 13.5. The Hall–Kier alpha value is -8.35. The molecular weight excluding hydrogens is 829 g/mol. The highest BCUT2D eigenvalue weighted by Gasteiger charge is 2.25. The average molecular weight is 883 g/mol. The number of allylic oxidation sites excluding steroid dienone is 10. The minimum Gasteiger partial charge on any atom is -0.398 e. The fourth-order valence-electron chi connectivity index (χ4n) is 10.2. The first-order valence-corrected chi connectivity index (χ1v) is 23.8. The zero-order valence-electron chi connectivity index (χ0n) is 38.0. The molecule has 1 aliphatic carbocycles. The van der Waals surface area contributed by atoms with Crippen LogP contribution in [-0.2, 0) is 6.42 Å². The quantitative estimate of drug-likeness (QED) is 0.107. The molecule has 9 aromatic rings. The summed E-state index contributed by atoms with van der Waals surface area (Å²) in [6.07, 6.45) is 24.5. The molecule has 0 saturated heterocycles. The number of hydrogen-bond acceptors (Lipinski definition) is 4. The first-order chi connectivity index (χ1) is 33.6. The van der Waals surface area contributed by atoms with E-state index in [0.717, 1.165) is 86.7 Å². The van der Waals surface area contributed by atoms with Crippen LogP contribution in [0, 0.1) is 0 Å². The molecule has 332 valence electrons. The van der Waals surface area contributed by atoms with Crippen LogP contribution in [0.25, 0.3) is 66.5 Å². The number of nitrogens with two attached hydrogens (primary N) is 2. The Morgan fingerprint density at radius 3 is 2.12 bits per heavy atom. The second-order valence-electron chi connectivity index (χ2n) is 17.8. The second-order valence-corrected chi connectivity index (χ2v) is 17.8. The highest BCUT2D eigenvalue weighted by atomic mass is 15.1. The summed E-state index contributed by atoms with van der Waals surface area (Å²) in [6.45, 7) is 0. The molecule has 2 unspecified atom stereocenters. The third kappa shape index (κ3) is 8.49. The van der Waals surface area contributed by atoms with Gasteiger partial charge in [-0.25, -0.2) is 4.98 Å². The summed E-state index contributed by atoms with van der Waals surface area (Å²) in [5.74, 6) is 1.87. The van der Waals surface area contributed by atoms with Crippen molar-refractivity contribution >= 4 is 60.7 Å². The molecule has 11 rings (SSSR count). The summed E-state index contributed by atoms with van der Waals surface area (Å²) in [5.41, 5.74) is 27.0. The molecule has 0 saturated carbocycles. The van der Waals surface area contributed by atoms with Crippen molar-refractivity contribution < 1.29 is 0 Å². The fourth-order valence-corrected chi connectivity index (χ4v) is 10.2. The number of fused-ring (bicyclic) bond motifs is 6. The van der Waals surface area contributed by atoms with E-state index in [1.807, 2.05) is 42.5 Å². The van der Waals surface area contributed by atoms with Gasteiger partial charge in [0, 0.05) is 63.4 Å². The maximum atomic E-state index is 7.15. The minimum absolute atomic E-state index is 0.318. The van der Waals surface area contributed by atoms with Crippen molar-refractivity contribution in [2.75, 3.05) is 0 Å². The van der Waals surface area contributed by atoms with Crippen molar-refractivity contribution in [3.63, 3.8) is 0 Å². The van der Waals surface area contributed by atoms with Gasteiger partial charge in [0.1, 0.15) is 11.6 Å². The van der Waals surface area contributed by atoms with E-state index in [-0.39, 0.29) is 0 Å². The average Bonchev–Trinajstić information content (AvgIpc) is 3.91. The molecule has 2 aliphatic rings. The number of hydrogen-bond donors (Lipinski definition) is 3. The van der Waals surface area contributed by atoms with E-state index in [2.05, 4.69) is 197 Å². The molecule has 68 heavy (non-hydrogen) atoms. The van der Waals surface area contributed by atoms with Gasteiger partial charge in [0.2, 0.25) is 0 Å². The van der Waals surface area contributed by atoms with E-state index in [1.54, 1.807) is 0 Å². The summed E-state index contributed by atoms with van der Waals surface area (Å²) in [4.78, 5) is 5.34. The zero-order chi connectivity index (χ0) is 45.8. The summed E-state index contributed by atoms with van der Waals surface area (Å²) < 4.78 is 4.50. The molecule has 3 aromatic heterocycles. The molecule has 0 spiro atoms. The molecule has 6 nitrogen and oxygen atoms in total. The van der Waals surface area contributed by atoms with Crippen molar-refractivity contribution in [3.05, 3.63) is 258 Å². The predicted molar refractivity (Wildman–Crippen MR) is 286 cm³/mol. The first-order valence-electron chi connectivity index (χ1n) is 23.8. The van der Waals surface area contributed by atoms with Gasteiger partial charge >= 0.3 is 0 Å². The van der Waals surface area contributed by atoms with Gasteiger partial charge in [0.05, 0.1) is 22.1 Å². The van der Waals surface area contributed by atoms with Crippen LogP contribution < -0.4 is 16.8 Å². The molecule has 6 aromatic carbocycles. The maximum absolute atomic E-state index is 7.15. The minimum atomic E-state index is 0.318. The first kappa shape index (κ1) is 42.3. The van der Waals surface area contributed by atoms with E-state index in [9.17, 15) is 0 Å². The second kappa shape index (κ2) is 18.9. The normalized spacial score (nSPS) is 17.0. The van der Waals surface area contributed by atoms with Gasteiger partial charge in [-0.1, -0.05) is 176 Å². The van der Waals surface area contributed by atoms with Gasteiger partial charge in [-0.05, 0) is 95.6 Å². The van der Waals surface area contributed by atoms with Crippen molar-refractivity contribution in [1.82, 2.24) is 19.4 Å². The van der Waals surface area contributed by atoms with Gasteiger partial charge in [-0.3, -0.25) is 9.13 Å². The summed E-state index contributed by atoms with van der Waals surface area (Å²) in [6, 6.07) is 59.9. The van der Waals surface area contributed by atoms with Crippen LogP contribution in [0.5, 0.6) is 0 Å². The largest absolute Gasteiger partial charge is 0.398 e. The van der Waals surface area contributed by atoms with Crippen molar-refractivity contribution in [2.45, 2.75) is 44.1 Å². The predicted octanol–water partition coefficient (Wildman–Crippen LogP) is 13.9. The standard InChI is InChI=1S/C62H54N6/c63-55(45-24-9-3-10-25-45)39-47(43-20-5-1-6-21-43)36-37-49-29-19-35-62(66-49)68-58-33-17-15-31-52(58)54-41-53-51-30-14-16-32-57(51)67(59(53)42-60(54)68)61(64)34-18-13-28-50-38-48(44-22-7-2-8-23-44)40-56(65-50)46-26-11-4-12-27-46/h1-11,13-26,29-36,38-39,41-42,48,56,65H,12,27-28,37,40,63-64H2/b18-13-,47-36+,55-39-,61-34+. The number of aromatic nitrogens is 3. The molecule has 6 heteroatoms. The van der Waals surface area contributed by atoms with Crippen LogP contribution in [0.15, 0.2) is 236 Å². The van der Waals surface area contributed by atoms with E-state index in [0.29, 0.717) is 29.9 Å². The Bertz CT molecular complexity index is 3520. The lowest BCUT2D eigenvalue weighted by Crippen LogP contribution is -2.35. The SMILES string of the molecule is N/C(=C\C(=C/Cc1cccc(-n2c3ccccc3c3cc4c5ccccc5n(/C(N)=C/C=C\CC5=CC(c6ccccc6)CC(C6=CC=CCC6)N5)c4cc32)n1)c1ccccc1)c1ccccc1. The topological polar surface area (TPSA) is 86.8 Å². The van der Waals surface area contributed by atoms with E-state index in [1.165, 1.54) is 27.6 Å². The van der Waals surface area contributed by atoms with E-state index >= 15 is 0 Å². The Kier molecular flexibility index (Phi) is 11.7. The molecule has 0 radical (unpaired) electrons. The molecule has 0 fully saturated rings. The number of pyridine rings is 1. The zero-order valence-corrected chi connectivity index (χ0v) is 38.0. The van der Waals surface area contributed by atoms with Crippen LogP contribution in [0.1, 0.15) is 54.0 Å². The van der Waals surface area contributed by atoms with Crippen LogP contribution in [0.4, 0.5) is 0 Å². The van der Waals surface area contributed by atoms with Crippen LogP contribution in [0.2, 0.25) is 0 Å². The van der Waals surface area contributed by atoms with E-state index < -0.39 is 0 Å². The molecule has 0 bridgehead atoms. The van der Waals surface area contributed by atoms with Crippen LogP contribution in [-0.4, -0.2) is 20.2 Å². The van der Waals surface area contributed by atoms with Gasteiger partial charge in [-0.2, -0.15) is 0 Å². The number of rotatable bonds is 12. The van der Waals surface area contributed by atoms with Crippen LogP contribution in [0.3, 0.4) is 0 Å². The van der Waals surface area contributed by atoms with Crippen LogP contribution >= 0.6 is 0 Å². The third-order valence-electron chi connectivity index (χ3n) is 13.5. The van der Waals surface area contributed by atoms with Gasteiger partial charge in [0.15, 0.2) is 0 Å². The number of benzene rings is 6. The van der Waals surface area contributed by atoms with Gasteiger partial charge < -0.3 is 16.8 Å². The monoisotopic (exact) mass is 882 g/mol. The summed E-state index contributed by atoms with van der Waals surface area (Å²) >= 11 is 0. The number of nitrogens with one attached hydrogen (secondary N) is 1. The molecule has 5 N–H and O–H groups in total. The molecule has 2 atom stereocenters. The Morgan fingerprint density at radius 2 is 1.35 bits per heavy atom. The Labute approximate surface area is 397 Å². The summed E-state index contributed by atoms with van der Waals surface area (Å²) in [7, 11) is 0. The molecule has 0 amide bonds. The number of nitrogens with zero attached hydrogens (tertiary/aromatic N) is 3. The van der Waals surface area contributed by atoms with Crippen molar-refractivity contribution in [3.8, 4) is 5.82 Å². The van der Waals surface area contributed by atoms with Gasteiger partial charge in [-0.15, -0.1) is 0 Å². The summed E-state index contributed by atoms with van der Waals surface area (Å²) in [5, 5.41) is 8.55. The lowest BCUT2D eigenvalue weighted by molar-refractivity contribution is 0.506. The molecular formula is C62H54N6. The lowest BCUT2D eigenvalue weighted by atomic mass is 9.83. The maximum Gasteiger partial charge on any atom is 0.137 e. The smallest absolute Gasteiger partial charge is 0.137 e. The Morgan fingerprint density at radius 1 is 0.662 bits per heavy atom. The van der Waals surface area contributed by atoms with Crippen molar-refractivity contribution in [2.24, 2.45) is 11.5 Å². The Balaban J connectivity index is 0.947. The number of para-hydroxylation sites is 2. The van der Waals surface area contributed by atoms with Crippen molar-refractivity contribution in [1.29, 1.82) is 0 Å².